The number of imidazole rings is 1. The fourth-order valence-corrected chi connectivity index (χ4v) is 3.86. The molecule has 17 heavy (non-hydrogen) atoms. The molecule has 1 aliphatic rings. The molecule has 0 bridgehead atoms. The molecular weight excluding hydrogens is 228 g/mol. The highest BCUT2D eigenvalue weighted by molar-refractivity contribution is 7.99. The molecule has 1 aromatic carbocycles. The second-order valence-corrected chi connectivity index (χ2v) is 6.27. The Morgan fingerprint density at radius 1 is 1.29 bits per heavy atom. The Kier molecular flexibility index (Phi) is 2.87. The number of thioether (sulfide) groups is 1. The van der Waals surface area contributed by atoms with Gasteiger partial charge in [0.25, 0.3) is 0 Å². The molecule has 3 heteroatoms. The summed E-state index contributed by atoms with van der Waals surface area (Å²) in [6, 6.07) is 4.41. The smallest absolute Gasteiger partial charge is 0.120 e. The summed E-state index contributed by atoms with van der Waals surface area (Å²) >= 11 is 2.05. The molecule has 2 heterocycles. The monoisotopic (exact) mass is 246 g/mol. The SMILES string of the molecule is Cc1cc(C)c2nc(C3CCCCS3)[nH]c2c1. The highest BCUT2D eigenvalue weighted by atomic mass is 32.2. The van der Waals surface area contributed by atoms with Crippen molar-refractivity contribution in [2.24, 2.45) is 0 Å². The lowest BCUT2D eigenvalue weighted by molar-refractivity contribution is 0.668. The third kappa shape index (κ3) is 2.08. The minimum absolute atomic E-state index is 0.579. The Hall–Kier alpha value is -0.960. The van der Waals surface area contributed by atoms with E-state index in [1.165, 1.54) is 47.5 Å². The van der Waals surface area contributed by atoms with Gasteiger partial charge in [0.05, 0.1) is 16.3 Å². The van der Waals surface area contributed by atoms with Crippen LogP contribution in [0.25, 0.3) is 11.0 Å². The molecule has 1 aromatic heterocycles. The first kappa shape index (κ1) is 11.1. The molecule has 2 aromatic rings. The lowest BCUT2D eigenvalue weighted by Gasteiger charge is -2.18. The molecule has 1 unspecified atom stereocenters. The summed E-state index contributed by atoms with van der Waals surface area (Å²) in [5.41, 5.74) is 4.94. The predicted molar refractivity (Wildman–Crippen MR) is 74.6 cm³/mol. The Bertz CT molecular complexity index is 538. The number of aromatic amines is 1. The van der Waals surface area contributed by atoms with Gasteiger partial charge in [-0.1, -0.05) is 12.5 Å². The van der Waals surface area contributed by atoms with Gasteiger partial charge in [0.15, 0.2) is 0 Å². The van der Waals surface area contributed by atoms with Crippen LogP contribution in [0.3, 0.4) is 0 Å². The van der Waals surface area contributed by atoms with Crippen LogP contribution in [0, 0.1) is 13.8 Å². The van der Waals surface area contributed by atoms with E-state index in [1.54, 1.807) is 0 Å². The molecule has 0 radical (unpaired) electrons. The molecule has 0 amide bonds. The number of nitrogens with zero attached hydrogens (tertiary/aromatic N) is 1. The van der Waals surface area contributed by atoms with Gasteiger partial charge in [0.1, 0.15) is 5.82 Å². The van der Waals surface area contributed by atoms with Crippen LogP contribution in [-0.2, 0) is 0 Å². The zero-order chi connectivity index (χ0) is 11.8. The molecule has 0 spiro atoms. The van der Waals surface area contributed by atoms with Crippen molar-refractivity contribution in [1.29, 1.82) is 0 Å². The topological polar surface area (TPSA) is 28.7 Å². The Morgan fingerprint density at radius 2 is 2.18 bits per heavy atom. The van der Waals surface area contributed by atoms with Crippen LogP contribution >= 0.6 is 11.8 Å². The van der Waals surface area contributed by atoms with E-state index >= 15 is 0 Å². The number of nitrogens with one attached hydrogen (secondary N) is 1. The second kappa shape index (κ2) is 4.37. The average molecular weight is 246 g/mol. The maximum atomic E-state index is 4.80. The molecule has 3 rings (SSSR count). The van der Waals surface area contributed by atoms with Crippen molar-refractivity contribution in [1.82, 2.24) is 9.97 Å². The number of H-pyrrole nitrogens is 1. The molecule has 0 aliphatic carbocycles. The average Bonchev–Trinajstić information content (AvgIpc) is 2.74. The molecule has 2 nitrogen and oxygen atoms in total. The Morgan fingerprint density at radius 3 is 2.94 bits per heavy atom. The van der Waals surface area contributed by atoms with Gasteiger partial charge >= 0.3 is 0 Å². The second-order valence-electron chi connectivity index (χ2n) is 4.96. The number of fused-ring (bicyclic) bond motifs is 1. The zero-order valence-corrected chi connectivity index (χ0v) is 11.2. The predicted octanol–water partition coefficient (Wildman–Crippen LogP) is 4.14. The van der Waals surface area contributed by atoms with Crippen LogP contribution < -0.4 is 0 Å². The van der Waals surface area contributed by atoms with Crippen LogP contribution in [0.5, 0.6) is 0 Å². The van der Waals surface area contributed by atoms with Crippen molar-refractivity contribution >= 4 is 22.8 Å². The molecule has 1 aliphatic heterocycles. The van der Waals surface area contributed by atoms with Gasteiger partial charge in [-0.2, -0.15) is 11.8 Å². The van der Waals surface area contributed by atoms with E-state index in [0.717, 1.165) is 5.52 Å². The quantitative estimate of drug-likeness (QED) is 0.819. The lowest BCUT2D eigenvalue weighted by atomic mass is 10.1. The number of hydrogen-bond acceptors (Lipinski definition) is 2. The van der Waals surface area contributed by atoms with Gasteiger partial charge < -0.3 is 4.98 Å². The third-order valence-electron chi connectivity index (χ3n) is 3.42. The first-order valence-electron chi connectivity index (χ1n) is 6.32. The van der Waals surface area contributed by atoms with E-state index < -0.39 is 0 Å². The molecule has 1 saturated heterocycles. The Labute approximate surface area is 106 Å². The van der Waals surface area contributed by atoms with E-state index in [9.17, 15) is 0 Å². The fourth-order valence-electron chi connectivity index (χ4n) is 2.60. The highest BCUT2D eigenvalue weighted by Crippen LogP contribution is 2.37. The molecule has 1 N–H and O–H groups in total. The van der Waals surface area contributed by atoms with Crippen molar-refractivity contribution in [2.75, 3.05) is 5.75 Å². The maximum Gasteiger partial charge on any atom is 0.120 e. The summed E-state index contributed by atoms with van der Waals surface area (Å²) in [7, 11) is 0. The summed E-state index contributed by atoms with van der Waals surface area (Å²) in [5, 5.41) is 0.579. The molecule has 90 valence electrons. The minimum Gasteiger partial charge on any atom is -0.341 e. The van der Waals surface area contributed by atoms with Gasteiger partial charge in [-0.3, -0.25) is 0 Å². The minimum atomic E-state index is 0.579. The van der Waals surface area contributed by atoms with E-state index in [-0.39, 0.29) is 0 Å². The van der Waals surface area contributed by atoms with Gasteiger partial charge in [-0.25, -0.2) is 4.98 Å². The van der Waals surface area contributed by atoms with E-state index in [0.29, 0.717) is 5.25 Å². The number of aromatic nitrogens is 2. The van der Waals surface area contributed by atoms with E-state index in [1.807, 2.05) is 11.8 Å². The largest absolute Gasteiger partial charge is 0.341 e. The van der Waals surface area contributed by atoms with Gasteiger partial charge in [-0.05, 0) is 49.6 Å². The van der Waals surface area contributed by atoms with Crippen LogP contribution in [0.2, 0.25) is 0 Å². The maximum absolute atomic E-state index is 4.80. The van der Waals surface area contributed by atoms with Crippen molar-refractivity contribution in [2.45, 2.75) is 38.4 Å². The molecule has 0 saturated carbocycles. The zero-order valence-electron chi connectivity index (χ0n) is 10.4. The van der Waals surface area contributed by atoms with Gasteiger partial charge in [-0.15, -0.1) is 0 Å². The van der Waals surface area contributed by atoms with Crippen molar-refractivity contribution in [3.05, 3.63) is 29.1 Å². The third-order valence-corrected chi connectivity index (χ3v) is 4.81. The van der Waals surface area contributed by atoms with Gasteiger partial charge in [0.2, 0.25) is 0 Å². The highest BCUT2D eigenvalue weighted by Gasteiger charge is 2.19. The number of aryl methyl sites for hydroxylation is 2. The lowest BCUT2D eigenvalue weighted by Crippen LogP contribution is -2.03. The molecular formula is C14H18N2S. The number of rotatable bonds is 1. The van der Waals surface area contributed by atoms with Crippen molar-refractivity contribution < 1.29 is 0 Å². The van der Waals surface area contributed by atoms with E-state index in [4.69, 9.17) is 4.98 Å². The summed E-state index contributed by atoms with van der Waals surface area (Å²) in [6.07, 6.45) is 3.97. The van der Waals surface area contributed by atoms with Crippen LogP contribution in [-0.4, -0.2) is 15.7 Å². The van der Waals surface area contributed by atoms with E-state index in [2.05, 4.69) is 31.0 Å². The summed E-state index contributed by atoms with van der Waals surface area (Å²) in [5.74, 6) is 2.46. The van der Waals surface area contributed by atoms with Crippen molar-refractivity contribution in [3.8, 4) is 0 Å². The van der Waals surface area contributed by atoms with Crippen LogP contribution in [0.4, 0.5) is 0 Å². The van der Waals surface area contributed by atoms with Crippen LogP contribution in [0.15, 0.2) is 12.1 Å². The fraction of sp³-hybridized carbons (Fsp3) is 0.500. The van der Waals surface area contributed by atoms with Crippen LogP contribution in [0.1, 0.15) is 41.5 Å². The summed E-state index contributed by atoms with van der Waals surface area (Å²) < 4.78 is 0. The first-order valence-corrected chi connectivity index (χ1v) is 7.37. The first-order chi connectivity index (χ1) is 8.24. The number of benzene rings is 1. The summed E-state index contributed by atoms with van der Waals surface area (Å²) in [4.78, 5) is 8.32. The normalized spacial score (nSPS) is 20.9. The molecule has 1 fully saturated rings. The number of hydrogen-bond donors (Lipinski definition) is 1. The Balaban J connectivity index is 2.03. The standard InChI is InChI=1S/C14H18N2S/c1-9-7-10(2)13-11(8-9)15-14(16-13)12-5-3-4-6-17-12/h7-8,12H,3-6H2,1-2H3,(H,15,16). The summed E-state index contributed by atoms with van der Waals surface area (Å²) in [6.45, 7) is 4.29. The van der Waals surface area contributed by atoms with Crippen molar-refractivity contribution in [3.63, 3.8) is 0 Å². The van der Waals surface area contributed by atoms with Gasteiger partial charge in [0, 0.05) is 0 Å². The molecule has 1 atom stereocenters.